The summed E-state index contributed by atoms with van der Waals surface area (Å²) >= 11 is 9.55. The molecule has 20 heavy (non-hydrogen) atoms. The van der Waals surface area contributed by atoms with E-state index in [1.54, 1.807) is 6.07 Å². The van der Waals surface area contributed by atoms with Gasteiger partial charge in [-0.05, 0) is 43.2 Å². The van der Waals surface area contributed by atoms with Gasteiger partial charge in [0, 0.05) is 15.1 Å². The van der Waals surface area contributed by atoms with Crippen LogP contribution in [-0.2, 0) is 6.61 Å². The number of aldehydes is 1. The first-order valence-electron chi connectivity index (χ1n) is 6.14. The summed E-state index contributed by atoms with van der Waals surface area (Å²) in [5, 5.41) is 0.674. The lowest BCUT2D eigenvalue weighted by molar-refractivity contribution is 0.111. The number of rotatable bonds is 4. The Balaban J connectivity index is 2.25. The molecule has 2 nitrogen and oxygen atoms in total. The second-order valence-electron chi connectivity index (χ2n) is 4.64. The Labute approximate surface area is 131 Å². The molecule has 104 valence electrons. The molecule has 0 N–H and O–H groups in total. The van der Waals surface area contributed by atoms with E-state index in [1.165, 1.54) is 0 Å². The van der Waals surface area contributed by atoms with Crippen molar-refractivity contribution in [2.45, 2.75) is 20.5 Å². The average Bonchev–Trinajstić information content (AvgIpc) is 2.38. The van der Waals surface area contributed by atoms with Crippen LogP contribution in [0.3, 0.4) is 0 Å². The molecule has 0 fully saturated rings. The summed E-state index contributed by atoms with van der Waals surface area (Å²) in [5.74, 6) is 0.597. The third-order valence-electron chi connectivity index (χ3n) is 2.98. The van der Waals surface area contributed by atoms with E-state index in [-0.39, 0.29) is 0 Å². The molecule has 0 saturated heterocycles. The van der Waals surface area contributed by atoms with Crippen LogP contribution in [0.5, 0.6) is 5.75 Å². The zero-order valence-corrected chi connectivity index (χ0v) is 13.6. The van der Waals surface area contributed by atoms with Crippen molar-refractivity contribution in [2.24, 2.45) is 0 Å². The van der Waals surface area contributed by atoms with Gasteiger partial charge in [0.1, 0.15) is 12.4 Å². The van der Waals surface area contributed by atoms with Crippen molar-refractivity contribution in [3.8, 4) is 5.75 Å². The van der Waals surface area contributed by atoms with Crippen molar-refractivity contribution < 1.29 is 9.53 Å². The molecule has 0 amide bonds. The molecule has 0 aromatic heterocycles. The van der Waals surface area contributed by atoms with Gasteiger partial charge in [0.15, 0.2) is 6.29 Å². The molecule has 0 spiro atoms. The topological polar surface area (TPSA) is 26.3 Å². The standard InChI is InChI=1S/C16H14BrClO2/c1-10-3-4-12(15(18)5-10)9-20-16-11(2)6-14(17)7-13(16)8-19/h3-8H,9H2,1-2H3. The van der Waals surface area contributed by atoms with E-state index in [0.717, 1.165) is 27.4 Å². The quantitative estimate of drug-likeness (QED) is 0.714. The predicted molar refractivity (Wildman–Crippen MR) is 84.8 cm³/mol. The smallest absolute Gasteiger partial charge is 0.153 e. The molecule has 2 rings (SSSR count). The second kappa shape index (κ2) is 6.42. The van der Waals surface area contributed by atoms with E-state index in [2.05, 4.69) is 15.9 Å². The fourth-order valence-corrected chi connectivity index (χ4v) is 2.84. The molecule has 0 aliphatic rings. The largest absolute Gasteiger partial charge is 0.488 e. The predicted octanol–water partition coefficient (Wildman–Crippen LogP) is 5.11. The van der Waals surface area contributed by atoms with Crippen molar-refractivity contribution in [1.29, 1.82) is 0 Å². The van der Waals surface area contributed by atoms with Gasteiger partial charge in [-0.1, -0.05) is 39.7 Å². The highest BCUT2D eigenvalue weighted by molar-refractivity contribution is 9.10. The Hall–Kier alpha value is -1.32. The van der Waals surface area contributed by atoms with Gasteiger partial charge in [-0.15, -0.1) is 0 Å². The molecular weight excluding hydrogens is 340 g/mol. The summed E-state index contributed by atoms with van der Waals surface area (Å²) in [7, 11) is 0. The van der Waals surface area contributed by atoms with Gasteiger partial charge in [-0.3, -0.25) is 4.79 Å². The highest BCUT2D eigenvalue weighted by atomic mass is 79.9. The lowest BCUT2D eigenvalue weighted by Crippen LogP contribution is -2.01. The van der Waals surface area contributed by atoms with Gasteiger partial charge in [-0.2, -0.15) is 0 Å². The van der Waals surface area contributed by atoms with E-state index >= 15 is 0 Å². The van der Waals surface area contributed by atoms with Gasteiger partial charge in [0.2, 0.25) is 0 Å². The van der Waals surface area contributed by atoms with Crippen molar-refractivity contribution in [3.05, 3.63) is 62.1 Å². The van der Waals surface area contributed by atoms with E-state index in [9.17, 15) is 4.79 Å². The lowest BCUT2D eigenvalue weighted by Gasteiger charge is -2.13. The summed E-state index contributed by atoms with van der Waals surface area (Å²) in [4.78, 5) is 11.1. The summed E-state index contributed by atoms with van der Waals surface area (Å²) in [6.45, 7) is 4.23. The monoisotopic (exact) mass is 352 g/mol. The zero-order chi connectivity index (χ0) is 14.7. The Morgan fingerprint density at radius 3 is 2.65 bits per heavy atom. The van der Waals surface area contributed by atoms with Crippen molar-refractivity contribution >= 4 is 33.8 Å². The molecule has 0 aliphatic carbocycles. The first-order chi connectivity index (χ1) is 9.51. The SMILES string of the molecule is Cc1ccc(COc2c(C)cc(Br)cc2C=O)c(Cl)c1. The average molecular weight is 354 g/mol. The first-order valence-corrected chi connectivity index (χ1v) is 7.31. The fraction of sp³-hybridized carbons (Fsp3) is 0.188. The van der Waals surface area contributed by atoms with Crippen LogP contribution in [0.2, 0.25) is 5.02 Å². The van der Waals surface area contributed by atoms with Gasteiger partial charge in [0.25, 0.3) is 0 Å². The number of carbonyl (C=O) groups is 1. The molecule has 0 heterocycles. The van der Waals surface area contributed by atoms with E-state index in [0.29, 0.717) is 22.9 Å². The summed E-state index contributed by atoms with van der Waals surface area (Å²) in [6.07, 6.45) is 0.795. The molecule has 0 unspecified atom stereocenters. The second-order valence-corrected chi connectivity index (χ2v) is 5.97. The van der Waals surface area contributed by atoms with Gasteiger partial charge in [0.05, 0.1) is 5.56 Å². The van der Waals surface area contributed by atoms with Crippen LogP contribution in [0.1, 0.15) is 27.0 Å². The van der Waals surface area contributed by atoms with Crippen molar-refractivity contribution in [2.75, 3.05) is 0 Å². The minimum absolute atomic E-state index is 0.336. The Bertz CT molecular complexity index is 653. The number of halogens is 2. The number of hydrogen-bond donors (Lipinski definition) is 0. The van der Waals surface area contributed by atoms with Crippen LogP contribution >= 0.6 is 27.5 Å². The zero-order valence-electron chi connectivity index (χ0n) is 11.2. The third kappa shape index (κ3) is 3.41. The maximum absolute atomic E-state index is 11.1. The molecule has 2 aromatic rings. The minimum atomic E-state index is 0.336. The maximum Gasteiger partial charge on any atom is 0.153 e. The van der Waals surface area contributed by atoms with Gasteiger partial charge >= 0.3 is 0 Å². The minimum Gasteiger partial charge on any atom is -0.488 e. The number of carbonyl (C=O) groups excluding carboxylic acids is 1. The highest BCUT2D eigenvalue weighted by Crippen LogP contribution is 2.28. The normalized spacial score (nSPS) is 10.4. The number of benzene rings is 2. The molecule has 0 saturated carbocycles. The van der Waals surface area contributed by atoms with E-state index in [4.69, 9.17) is 16.3 Å². The summed E-state index contributed by atoms with van der Waals surface area (Å²) < 4.78 is 6.64. The van der Waals surface area contributed by atoms with E-state index < -0.39 is 0 Å². The van der Waals surface area contributed by atoms with Crippen molar-refractivity contribution in [3.63, 3.8) is 0 Å². The number of aryl methyl sites for hydroxylation is 2. The van der Waals surface area contributed by atoms with Crippen molar-refractivity contribution in [1.82, 2.24) is 0 Å². The molecule has 0 atom stereocenters. The number of ether oxygens (including phenoxy) is 1. The third-order valence-corrected chi connectivity index (χ3v) is 3.79. The van der Waals surface area contributed by atoms with E-state index in [1.807, 2.05) is 38.1 Å². The Morgan fingerprint density at radius 2 is 2.00 bits per heavy atom. The number of hydrogen-bond acceptors (Lipinski definition) is 2. The molecule has 0 radical (unpaired) electrons. The highest BCUT2D eigenvalue weighted by Gasteiger charge is 2.10. The Kier molecular flexibility index (Phi) is 4.84. The maximum atomic E-state index is 11.1. The van der Waals surface area contributed by atoms with Crippen LogP contribution in [0.4, 0.5) is 0 Å². The lowest BCUT2D eigenvalue weighted by atomic mass is 10.1. The van der Waals surface area contributed by atoms with Crippen LogP contribution < -0.4 is 4.74 Å². The van der Waals surface area contributed by atoms with Crippen LogP contribution in [0.15, 0.2) is 34.8 Å². The van der Waals surface area contributed by atoms with Gasteiger partial charge in [-0.25, -0.2) is 0 Å². The van der Waals surface area contributed by atoms with Crippen LogP contribution in [0, 0.1) is 13.8 Å². The van der Waals surface area contributed by atoms with Gasteiger partial charge < -0.3 is 4.74 Å². The first kappa shape index (κ1) is 15.1. The molecule has 2 aromatic carbocycles. The fourth-order valence-electron chi connectivity index (χ4n) is 1.96. The van der Waals surface area contributed by atoms with Crippen LogP contribution in [0.25, 0.3) is 0 Å². The summed E-state index contributed by atoms with van der Waals surface area (Å²) in [5.41, 5.74) is 3.44. The molecule has 4 heteroatoms. The Morgan fingerprint density at radius 1 is 1.25 bits per heavy atom. The summed E-state index contributed by atoms with van der Waals surface area (Å²) in [6, 6.07) is 9.48. The van der Waals surface area contributed by atoms with Crippen LogP contribution in [-0.4, -0.2) is 6.29 Å². The molecule has 0 bridgehead atoms. The molecular formula is C16H14BrClO2. The molecule has 0 aliphatic heterocycles.